The first-order valence-corrected chi connectivity index (χ1v) is 10.4. The minimum atomic E-state index is -0.654. The lowest BCUT2D eigenvalue weighted by Gasteiger charge is -2.29. The van der Waals surface area contributed by atoms with E-state index in [4.69, 9.17) is 0 Å². The number of nitrogens with one attached hydrogen (secondary N) is 2. The summed E-state index contributed by atoms with van der Waals surface area (Å²) in [4.78, 5) is 52.6. The van der Waals surface area contributed by atoms with Crippen molar-refractivity contribution in [1.29, 1.82) is 0 Å². The number of anilines is 2. The molecule has 3 heterocycles. The zero-order chi connectivity index (χ0) is 21.7. The monoisotopic (exact) mass is 418 g/mol. The molecule has 0 aromatic heterocycles. The maximum Gasteiger partial charge on any atom is 0.326 e. The van der Waals surface area contributed by atoms with Crippen LogP contribution < -0.4 is 15.5 Å². The predicted octanol–water partition coefficient (Wildman–Crippen LogP) is 2.60. The van der Waals surface area contributed by atoms with Crippen LogP contribution >= 0.6 is 0 Å². The van der Waals surface area contributed by atoms with Crippen LogP contribution in [0, 0.1) is 0 Å². The van der Waals surface area contributed by atoms with Gasteiger partial charge >= 0.3 is 6.03 Å². The number of fused-ring (bicyclic) bond motifs is 2. The lowest BCUT2D eigenvalue weighted by molar-refractivity contribution is -0.136. The van der Waals surface area contributed by atoms with Crippen LogP contribution in [0.15, 0.2) is 42.5 Å². The number of hydrogen-bond donors (Lipinski definition) is 2. The molecule has 8 nitrogen and oxygen atoms in total. The van der Waals surface area contributed by atoms with Gasteiger partial charge in [-0.1, -0.05) is 25.1 Å². The molecule has 2 aromatic carbocycles. The molecule has 2 atom stereocenters. The molecule has 5 rings (SSSR count). The molecule has 1 fully saturated rings. The Labute approximate surface area is 179 Å². The van der Waals surface area contributed by atoms with Crippen molar-refractivity contribution in [3.05, 3.63) is 59.2 Å². The van der Waals surface area contributed by atoms with Crippen LogP contribution in [0.4, 0.5) is 16.2 Å². The largest absolute Gasteiger partial charge is 0.326 e. The number of piperidine rings is 1. The van der Waals surface area contributed by atoms with E-state index in [0.29, 0.717) is 24.2 Å². The second kappa shape index (κ2) is 7.23. The second-order valence-corrected chi connectivity index (χ2v) is 8.27. The topological polar surface area (TPSA) is 98.8 Å². The Morgan fingerprint density at radius 2 is 1.94 bits per heavy atom. The molecule has 1 unspecified atom stereocenters. The van der Waals surface area contributed by atoms with E-state index in [-0.39, 0.29) is 36.7 Å². The SMILES string of the molecule is C[C@@H]1CN(C(=O)Nc2ccc3c(c2)CN(C2CCC(=O)NC2=O)C3=O)c2ccccc21. The fraction of sp³-hybridized carbons (Fsp3) is 0.304. The van der Waals surface area contributed by atoms with Gasteiger partial charge in [-0.05, 0) is 41.8 Å². The van der Waals surface area contributed by atoms with Crippen LogP contribution in [0.3, 0.4) is 0 Å². The molecule has 0 aliphatic carbocycles. The van der Waals surface area contributed by atoms with Gasteiger partial charge in [-0.25, -0.2) is 4.79 Å². The first kappa shape index (κ1) is 19.3. The van der Waals surface area contributed by atoms with Crippen molar-refractivity contribution in [1.82, 2.24) is 10.2 Å². The smallest absolute Gasteiger partial charge is 0.322 e. The van der Waals surface area contributed by atoms with Gasteiger partial charge in [0, 0.05) is 42.4 Å². The molecule has 0 radical (unpaired) electrons. The Bertz CT molecular complexity index is 1130. The van der Waals surface area contributed by atoms with Crippen molar-refractivity contribution < 1.29 is 19.2 Å². The molecule has 2 aromatic rings. The van der Waals surface area contributed by atoms with Gasteiger partial charge in [-0.3, -0.25) is 24.6 Å². The van der Waals surface area contributed by atoms with Crippen molar-refractivity contribution in [3.8, 4) is 0 Å². The van der Waals surface area contributed by atoms with E-state index in [1.807, 2.05) is 24.3 Å². The average molecular weight is 418 g/mol. The number of carbonyl (C=O) groups is 4. The van der Waals surface area contributed by atoms with Gasteiger partial charge in [0.15, 0.2) is 0 Å². The van der Waals surface area contributed by atoms with Crippen LogP contribution in [0.2, 0.25) is 0 Å². The second-order valence-electron chi connectivity index (χ2n) is 8.27. The summed E-state index contributed by atoms with van der Waals surface area (Å²) in [5, 5.41) is 5.23. The first-order chi connectivity index (χ1) is 14.9. The number of amides is 5. The summed E-state index contributed by atoms with van der Waals surface area (Å²) in [7, 11) is 0. The number of nitrogens with zero attached hydrogens (tertiary/aromatic N) is 2. The number of urea groups is 1. The number of hydrogen-bond acceptors (Lipinski definition) is 4. The number of imide groups is 1. The zero-order valence-electron chi connectivity index (χ0n) is 17.1. The van der Waals surface area contributed by atoms with Crippen LogP contribution in [-0.2, 0) is 16.1 Å². The summed E-state index contributed by atoms with van der Waals surface area (Å²) >= 11 is 0. The molecule has 0 bridgehead atoms. The predicted molar refractivity (Wildman–Crippen MR) is 114 cm³/mol. The zero-order valence-corrected chi connectivity index (χ0v) is 17.1. The summed E-state index contributed by atoms with van der Waals surface area (Å²) in [6.45, 7) is 2.97. The summed E-state index contributed by atoms with van der Waals surface area (Å²) in [6, 6.07) is 12.2. The van der Waals surface area contributed by atoms with Crippen molar-refractivity contribution in [2.45, 2.75) is 38.3 Å². The molecule has 3 aliphatic heterocycles. The first-order valence-electron chi connectivity index (χ1n) is 10.4. The Morgan fingerprint density at radius 3 is 2.74 bits per heavy atom. The Balaban J connectivity index is 1.32. The van der Waals surface area contributed by atoms with E-state index >= 15 is 0 Å². The number of benzene rings is 2. The third kappa shape index (κ3) is 3.24. The number of carbonyl (C=O) groups excluding carboxylic acids is 4. The molecule has 2 N–H and O–H groups in total. The third-order valence-corrected chi connectivity index (χ3v) is 6.23. The number of rotatable bonds is 2. The maximum absolute atomic E-state index is 12.9. The minimum Gasteiger partial charge on any atom is -0.322 e. The quantitative estimate of drug-likeness (QED) is 0.733. The Hall–Kier alpha value is -3.68. The van der Waals surface area contributed by atoms with E-state index in [9.17, 15) is 19.2 Å². The normalized spacial score (nSPS) is 22.3. The molecule has 0 saturated carbocycles. The van der Waals surface area contributed by atoms with Gasteiger partial charge in [0.05, 0.1) is 0 Å². The average Bonchev–Trinajstić information content (AvgIpc) is 3.25. The molecular formula is C23H22N4O4. The maximum atomic E-state index is 12.9. The fourth-order valence-electron chi connectivity index (χ4n) is 4.66. The summed E-state index contributed by atoms with van der Waals surface area (Å²) in [5.41, 5.74) is 3.93. The van der Waals surface area contributed by atoms with E-state index < -0.39 is 11.9 Å². The molecule has 158 valence electrons. The van der Waals surface area contributed by atoms with Crippen LogP contribution in [0.25, 0.3) is 0 Å². The molecular weight excluding hydrogens is 396 g/mol. The fourth-order valence-corrected chi connectivity index (χ4v) is 4.66. The summed E-state index contributed by atoms with van der Waals surface area (Å²) in [5.74, 6) is -0.715. The van der Waals surface area contributed by atoms with E-state index in [0.717, 1.165) is 16.8 Å². The van der Waals surface area contributed by atoms with Gasteiger partial charge in [-0.2, -0.15) is 0 Å². The van der Waals surface area contributed by atoms with E-state index in [1.54, 1.807) is 23.1 Å². The molecule has 5 amide bonds. The molecule has 31 heavy (non-hydrogen) atoms. The molecule has 0 spiro atoms. The van der Waals surface area contributed by atoms with Crippen molar-refractivity contribution in [3.63, 3.8) is 0 Å². The van der Waals surface area contributed by atoms with Crippen molar-refractivity contribution >= 4 is 35.1 Å². The Morgan fingerprint density at radius 1 is 1.13 bits per heavy atom. The van der Waals surface area contributed by atoms with Gasteiger partial charge in [-0.15, -0.1) is 0 Å². The van der Waals surface area contributed by atoms with E-state index in [1.165, 1.54) is 4.90 Å². The summed E-state index contributed by atoms with van der Waals surface area (Å²) in [6.07, 6.45) is 0.536. The summed E-state index contributed by atoms with van der Waals surface area (Å²) < 4.78 is 0. The third-order valence-electron chi connectivity index (χ3n) is 6.23. The van der Waals surface area contributed by atoms with Crippen molar-refractivity contribution in [2.24, 2.45) is 0 Å². The highest BCUT2D eigenvalue weighted by atomic mass is 16.2. The number of para-hydroxylation sites is 1. The lowest BCUT2D eigenvalue weighted by atomic mass is 10.0. The highest BCUT2D eigenvalue weighted by Crippen LogP contribution is 2.36. The highest BCUT2D eigenvalue weighted by Gasteiger charge is 2.39. The van der Waals surface area contributed by atoms with Crippen LogP contribution in [0.1, 0.15) is 47.2 Å². The molecule has 3 aliphatic rings. The van der Waals surface area contributed by atoms with Gasteiger partial charge in [0.2, 0.25) is 11.8 Å². The Kier molecular flexibility index (Phi) is 4.50. The van der Waals surface area contributed by atoms with Gasteiger partial charge < -0.3 is 10.2 Å². The van der Waals surface area contributed by atoms with E-state index in [2.05, 4.69) is 17.6 Å². The van der Waals surface area contributed by atoms with Crippen molar-refractivity contribution in [2.75, 3.05) is 16.8 Å². The lowest BCUT2D eigenvalue weighted by Crippen LogP contribution is -2.52. The molecule has 1 saturated heterocycles. The molecule has 8 heteroatoms. The van der Waals surface area contributed by atoms with Gasteiger partial charge in [0.25, 0.3) is 5.91 Å². The standard InChI is InChI=1S/C23H22N4O4/c1-13-11-27(18-5-3-2-4-16(13)18)23(31)24-15-6-7-17-14(10-15)12-26(22(17)30)19-8-9-20(28)25-21(19)29/h2-7,10,13,19H,8-9,11-12H2,1H3,(H,24,31)(H,25,28,29)/t13-,19?/m1/s1. The minimum absolute atomic E-state index is 0.216. The van der Waals surface area contributed by atoms with Crippen LogP contribution in [0.5, 0.6) is 0 Å². The van der Waals surface area contributed by atoms with Crippen LogP contribution in [-0.4, -0.2) is 41.2 Å². The highest BCUT2D eigenvalue weighted by molar-refractivity contribution is 6.06. The van der Waals surface area contributed by atoms with Gasteiger partial charge in [0.1, 0.15) is 6.04 Å².